The summed E-state index contributed by atoms with van der Waals surface area (Å²) < 4.78 is -0.643. The molecule has 4 heteroatoms. The Labute approximate surface area is 197 Å². The lowest BCUT2D eigenvalue weighted by Crippen LogP contribution is -2.48. The lowest BCUT2D eigenvalue weighted by atomic mass is 10.0. The summed E-state index contributed by atoms with van der Waals surface area (Å²) in [6.07, 6.45) is 23.7. The van der Waals surface area contributed by atoms with Gasteiger partial charge >= 0.3 is 0 Å². The van der Waals surface area contributed by atoms with Gasteiger partial charge in [0.15, 0.2) is 0 Å². The molecule has 0 aliphatic rings. The van der Waals surface area contributed by atoms with Crippen molar-refractivity contribution in [1.29, 1.82) is 0 Å². The van der Waals surface area contributed by atoms with E-state index in [9.17, 15) is 15.4 Å². The number of hydrogen-bond donors (Lipinski definition) is 2. The molecule has 0 aliphatic heterocycles. The summed E-state index contributed by atoms with van der Waals surface area (Å²) in [5.41, 5.74) is 1.75. The van der Waals surface area contributed by atoms with Gasteiger partial charge in [-0.05, 0) is 44.6 Å². The van der Waals surface area contributed by atoms with E-state index in [1.54, 1.807) is 0 Å². The Morgan fingerprint density at radius 3 is 1.78 bits per heavy atom. The second-order valence-corrected chi connectivity index (χ2v) is 9.10. The molecule has 184 valence electrons. The zero-order valence-electron chi connectivity index (χ0n) is 20.6. The van der Waals surface area contributed by atoms with E-state index < -0.39 is 4.65 Å². The van der Waals surface area contributed by atoms with Crippen LogP contribution >= 0.6 is 0 Å². The summed E-state index contributed by atoms with van der Waals surface area (Å²) in [5.74, 6) is 0. The molecule has 0 amide bonds. The van der Waals surface area contributed by atoms with Crippen LogP contribution in [0.3, 0.4) is 0 Å². The molecular formula is C28H49NO3. The number of aryl methyl sites for hydroxylation is 1. The lowest BCUT2D eigenvalue weighted by molar-refractivity contribution is 0.199. The Morgan fingerprint density at radius 2 is 1.22 bits per heavy atom. The molecule has 0 bridgehead atoms. The molecule has 0 atom stereocenters. The van der Waals surface area contributed by atoms with E-state index in [1.807, 2.05) is 24.3 Å². The summed E-state index contributed by atoms with van der Waals surface area (Å²) in [7, 11) is 0. The van der Waals surface area contributed by atoms with Crippen molar-refractivity contribution < 1.29 is 10.2 Å². The number of para-hydroxylation sites is 1. The number of quaternary nitrogens is 1. The van der Waals surface area contributed by atoms with Gasteiger partial charge in [-0.25, -0.2) is 0 Å². The molecule has 0 unspecified atom stereocenters. The zero-order valence-corrected chi connectivity index (χ0v) is 20.6. The number of hydroxylamine groups is 2. The highest BCUT2D eigenvalue weighted by Gasteiger charge is 2.22. The number of aliphatic hydroxyl groups is 2. The fraction of sp³-hybridized carbons (Fsp3) is 0.714. The van der Waals surface area contributed by atoms with Gasteiger partial charge in [0.1, 0.15) is 18.8 Å². The van der Waals surface area contributed by atoms with Gasteiger partial charge in [0.05, 0.1) is 13.2 Å². The summed E-state index contributed by atoms with van der Waals surface area (Å²) in [6, 6.07) is 7.72. The molecule has 2 N–H and O–H groups in total. The number of unbranched alkanes of at least 4 members (excludes halogenated alkanes) is 12. The molecule has 0 aromatic heterocycles. The van der Waals surface area contributed by atoms with Crippen LogP contribution in [0.1, 0.15) is 102 Å². The normalized spacial score (nSPS) is 12.1. The second-order valence-electron chi connectivity index (χ2n) is 9.10. The maximum Gasteiger partial charge on any atom is 0.136 e. The van der Waals surface area contributed by atoms with Crippen LogP contribution in [0.25, 0.3) is 0 Å². The molecule has 0 saturated carbocycles. The van der Waals surface area contributed by atoms with Crippen molar-refractivity contribution in [3.63, 3.8) is 0 Å². The fourth-order valence-electron chi connectivity index (χ4n) is 4.36. The third kappa shape index (κ3) is 12.7. The quantitative estimate of drug-likeness (QED) is 0.0918. The zero-order chi connectivity index (χ0) is 23.3. The third-order valence-corrected chi connectivity index (χ3v) is 6.31. The Bertz CT molecular complexity index is 582. The topological polar surface area (TPSA) is 63.5 Å². The van der Waals surface area contributed by atoms with Crippen molar-refractivity contribution in [2.75, 3.05) is 26.3 Å². The molecule has 1 aromatic rings. The summed E-state index contributed by atoms with van der Waals surface area (Å²) in [5, 5.41) is 31.7. The Kier molecular flexibility index (Phi) is 17.4. The van der Waals surface area contributed by atoms with Crippen LogP contribution < -0.4 is 4.65 Å². The highest BCUT2D eigenvalue weighted by Crippen LogP contribution is 2.28. The van der Waals surface area contributed by atoms with Crippen LogP contribution in [0.2, 0.25) is 0 Å². The highest BCUT2D eigenvalue weighted by atomic mass is 16.5. The van der Waals surface area contributed by atoms with E-state index in [2.05, 4.69) is 19.1 Å². The van der Waals surface area contributed by atoms with Gasteiger partial charge in [-0.15, -0.1) is 0 Å². The lowest BCUT2D eigenvalue weighted by Gasteiger charge is -2.42. The predicted octanol–water partition coefficient (Wildman–Crippen LogP) is 7.06. The first-order valence-corrected chi connectivity index (χ1v) is 13.2. The van der Waals surface area contributed by atoms with E-state index in [1.165, 1.54) is 83.5 Å². The fourth-order valence-corrected chi connectivity index (χ4v) is 4.36. The average Bonchev–Trinajstić information content (AvgIpc) is 2.79. The van der Waals surface area contributed by atoms with Gasteiger partial charge in [-0.3, -0.25) is 0 Å². The molecule has 32 heavy (non-hydrogen) atoms. The Balaban J connectivity index is 2.14. The van der Waals surface area contributed by atoms with Crippen molar-refractivity contribution in [1.82, 2.24) is 4.65 Å². The molecule has 0 aliphatic carbocycles. The molecule has 1 aromatic carbocycles. The Morgan fingerprint density at radius 1 is 0.719 bits per heavy atom. The smallest absolute Gasteiger partial charge is 0.136 e. The van der Waals surface area contributed by atoms with Gasteiger partial charge in [0.25, 0.3) is 0 Å². The maximum atomic E-state index is 13.1. The second kappa shape index (κ2) is 19.3. The van der Waals surface area contributed by atoms with Crippen molar-refractivity contribution in [2.45, 2.75) is 103 Å². The first kappa shape index (κ1) is 28.8. The Hall–Kier alpha value is -1.20. The number of aliphatic hydroxyl groups excluding tert-OH is 2. The molecule has 0 radical (unpaired) electrons. The molecule has 1 rings (SSSR count). The van der Waals surface area contributed by atoms with Crippen LogP contribution in [0.4, 0.5) is 5.69 Å². The molecule has 0 fully saturated rings. The van der Waals surface area contributed by atoms with Crippen LogP contribution in [-0.2, 0) is 6.42 Å². The SMILES string of the molecule is CCCCCCCC/C=C\CCCCCCCCc1ccccc1[N+]([O-])(CCO)CCO. The van der Waals surface area contributed by atoms with Gasteiger partial charge in [-0.1, -0.05) is 95.1 Å². The number of rotatable bonds is 21. The van der Waals surface area contributed by atoms with E-state index >= 15 is 0 Å². The van der Waals surface area contributed by atoms with E-state index in [0.29, 0.717) is 5.69 Å². The van der Waals surface area contributed by atoms with Crippen molar-refractivity contribution in [3.8, 4) is 0 Å². The summed E-state index contributed by atoms with van der Waals surface area (Å²) >= 11 is 0. The number of nitrogens with zero attached hydrogens (tertiary/aromatic N) is 1. The minimum atomic E-state index is -0.643. The van der Waals surface area contributed by atoms with Crippen LogP contribution in [0, 0.1) is 5.21 Å². The average molecular weight is 448 g/mol. The van der Waals surface area contributed by atoms with Gasteiger partial charge in [-0.2, -0.15) is 0 Å². The van der Waals surface area contributed by atoms with Crippen LogP contribution in [0.5, 0.6) is 0 Å². The monoisotopic (exact) mass is 447 g/mol. The van der Waals surface area contributed by atoms with Crippen LogP contribution in [-0.4, -0.2) is 36.5 Å². The van der Waals surface area contributed by atoms with Gasteiger partial charge in [0.2, 0.25) is 0 Å². The van der Waals surface area contributed by atoms with E-state index in [4.69, 9.17) is 0 Å². The highest BCUT2D eigenvalue weighted by molar-refractivity contribution is 5.51. The molecular weight excluding hydrogens is 398 g/mol. The van der Waals surface area contributed by atoms with Gasteiger partial charge < -0.3 is 20.1 Å². The summed E-state index contributed by atoms with van der Waals surface area (Å²) in [4.78, 5) is 0. The van der Waals surface area contributed by atoms with E-state index in [-0.39, 0.29) is 26.3 Å². The minimum absolute atomic E-state index is 0.0883. The number of hydrogen-bond acceptors (Lipinski definition) is 3. The van der Waals surface area contributed by atoms with Crippen LogP contribution in [0.15, 0.2) is 36.4 Å². The van der Waals surface area contributed by atoms with Gasteiger partial charge in [0, 0.05) is 5.56 Å². The van der Waals surface area contributed by atoms with Crippen molar-refractivity contribution in [2.24, 2.45) is 0 Å². The van der Waals surface area contributed by atoms with E-state index in [0.717, 1.165) is 18.4 Å². The molecule has 0 heterocycles. The number of allylic oxidation sites excluding steroid dienone is 2. The third-order valence-electron chi connectivity index (χ3n) is 6.31. The first-order chi connectivity index (χ1) is 15.7. The predicted molar refractivity (Wildman–Crippen MR) is 139 cm³/mol. The molecule has 4 nitrogen and oxygen atoms in total. The first-order valence-electron chi connectivity index (χ1n) is 13.2. The minimum Gasteiger partial charge on any atom is -0.627 e. The summed E-state index contributed by atoms with van der Waals surface area (Å²) in [6.45, 7) is 2.09. The molecule has 0 spiro atoms. The van der Waals surface area contributed by atoms with Crippen molar-refractivity contribution >= 4 is 5.69 Å². The maximum absolute atomic E-state index is 13.1. The number of benzene rings is 1. The largest absolute Gasteiger partial charge is 0.627 e. The molecule has 0 saturated heterocycles. The standard InChI is InChI=1S/C28H49NO3/c1-2-3-4-5-6-7-8-9-10-11-12-13-14-15-16-17-20-27-21-18-19-22-28(27)29(32,23-25-30)24-26-31/h9-10,18-19,21-22,30-31H,2-8,11-17,20,23-26H2,1H3/b10-9-. The van der Waals surface area contributed by atoms with Crippen molar-refractivity contribution in [3.05, 3.63) is 47.2 Å².